The van der Waals surface area contributed by atoms with Crippen LogP contribution in [-0.4, -0.2) is 29.7 Å². The summed E-state index contributed by atoms with van der Waals surface area (Å²) in [5, 5.41) is 10.3. The number of amides is 1. The van der Waals surface area contributed by atoms with E-state index in [9.17, 15) is 22.8 Å². The van der Waals surface area contributed by atoms with Gasteiger partial charge in [-0.2, -0.15) is 13.2 Å². The van der Waals surface area contributed by atoms with Crippen molar-refractivity contribution in [2.45, 2.75) is 25.4 Å². The van der Waals surface area contributed by atoms with Crippen LogP contribution in [0.25, 0.3) is 0 Å². The second kappa shape index (κ2) is 3.71. The molecule has 1 amide bonds. The number of alkyl halides is 3. The van der Waals surface area contributed by atoms with Gasteiger partial charge in [0.2, 0.25) is 0 Å². The third-order valence-corrected chi connectivity index (χ3v) is 2.45. The van der Waals surface area contributed by atoms with Crippen molar-refractivity contribution in [3.63, 3.8) is 0 Å². The van der Waals surface area contributed by atoms with Crippen LogP contribution in [0.2, 0.25) is 0 Å². The zero-order valence-electron chi connectivity index (χ0n) is 7.73. The van der Waals surface area contributed by atoms with E-state index in [1.807, 2.05) is 0 Å². The van der Waals surface area contributed by atoms with Gasteiger partial charge in [0.05, 0.1) is 5.41 Å². The van der Waals surface area contributed by atoms with Crippen LogP contribution in [-0.2, 0) is 9.59 Å². The van der Waals surface area contributed by atoms with Crippen molar-refractivity contribution in [1.29, 1.82) is 0 Å². The quantitative estimate of drug-likeness (QED) is 0.747. The van der Waals surface area contributed by atoms with Gasteiger partial charge in [-0.1, -0.05) is 0 Å². The van der Waals surface area contributed by atoms with Crippen LogP contribution >= 0.6 is 0 Å². The smallest absolute Gasteiger partial charge is 0.471 e. The molecular weight excluding hydrogens is 215 g/mol. The highest BCUT2D eigenvalue weighted by Crippen LogP contribution is 2.48. The first-order chi connectivity index (χ1) is 6.78. The van der Waals surface area contributed by atoms with Crippen LogP contribution in [0.5, 0.6) is 0 Å². The lowest BCUT2D eigenvalue weighted by molar-refractivity contribution is -0.173. The van der Waals surface area contributed by atoms with Gasteiger partial charge in [-0.25, -0.2) is 0 Å². The Morgan fingerprint density at radius 3 is 2.20 bits per heavy atom. The maximum Gasteiger partial charge on any atom is 0.471 e. The Morgan fingerprint density at radius 1 is 1.33 bits per heavy atom. The van der Waals surface area contributed by atoms with Crippen molar-refractivity contribution < 1.29 is 27.9 Å². The Balaban J connectivity index is 2.29. The van der Waals surface area contributed by atoms with E-state index in [0.717, 1.165) is 0 Å². The maximum absolute atomic E-state index is 11.7. The predicted molar refractivity (Wildman–Crippen MR) is 43.0 cm³/mol. The first-order valence-corrected chi connectivity index (χ1v) is 4.36. The molecule has 0 unspecified atom stereocenters. The average Bonchev–Trinajstić information content (AvgIpc) is 2.83. The maximum atomic E-state index is 11.7. The number of hydrogen-bond acceptors (Lipinski definition) is 2. The summed E-state index contributed by atoms with van der Waals surface area (Å²) in [6.45, 7) is -0.259. The number of carbonyl (C=O) groups is 2. The fourth-order valence-electron chi connectivity index (χ4n) is 1.24. The minimum atomic E-state index is -4.90. The number of carboxylic acids is 1. The number of rotatable bonds is 4. The second-order valence-corrected chi connectivity index (χ2v) is 3.59. The zero-order valence-corrected chi connectivity index (χ0v) is 7.73. The van der Waals surface area contributed by atoms with E-state index in [0.29, 0.717) is 12.8 Å². The molecule has 0 saturated heterocycles. The lowest BCUT2D eigenvalue weighted by Crippen LogP contribution is -2.38. The Bertz CT molecular complexity index is 283. The number of hydrogen-bond donors (Lipinski definition) is 2. The highest BCUT2D eigenvalue weighted by molar-refractivity contribution is 5.82. The fourth-order valence-corrected chi connectivity index (χ4v) is 1.24. The highest BCUT2D eigenvalue weighted by Gasteiger charge is 2.49. The van der Waals surface area contributed by atoms with E-state index in [4.69, 9.17) is 5.11 Å². The molecule has 0 aromatic rings. The summed E-state index contributed by atoms with van der Waals surface area (Å²) in [6.07, 6.45) is -3.93. The Kier molecular flexibility index (Phi) is 2.92. The molecule has 0 heterocycles. The van der Waals surface area contributed by atoms with E-state index < -0.39 is 23.5 Å². The third kappa shape index (κ3) is 2.84. The van der Waals surface area contributed by atoms with Gasteiger partial charge in [-0.3, -0.25) is 9.59 Å². The van der Waals surface area contributed by atoms with Gasteiger partial charge < -0.3 is 10.4 Å². The first-order valence-electron chi connectivity index (χ1n) is 4.36. The summed E-state index contributed by atoms with van der Waals surface area (Å²) < 4.78 is 35.1. The van der Waals surface area contributed by atoms with Crippen molar-refractivity contribution in [2.75, 3.05) is 6.54 Å². The van der Waals surface area contributed by atoms with Crippen LogP contribution < -0.4 is 5.32 Å². The molecule has 1 fully saturated rings. The minimum Gasteiger partial charge on any atom is -0.481 e. The van der Waals surface area contributed by atoms with Crippen molar-refractivity contribution in [2.24, 2.45) is 5.41 Å². The van der Waals surface area contributed by atoms with Gasteiger partial charge in [0.1, 0.15) is 0 Å². The molecule has 15 heavy (non-hydrogen) atoms. The average molecular weight is 225 g/mol. The third-order valence-electron chi connectivity index (χ3n) is 2.45. The fraction of sp³-hybridized carbons (Fsp3) is 0.750. The lowest BCUT2D eigenvalue weighted by atomic mass is 10.0. The number of carboxylic acid groups (broad SMARTS) is 1. The van der Waals surface area contributed by atoms with E-state index >= 15 is 0 Å². The molecule has 4 nitrogen and oxygen atoms in total. The van der Waals surface area contributed by atoms with Gasteiger partial charge >= 0.3 is 18.1 Å². The summed E-state index contributed by atoms with van der Waals surface area (Å²) in [7, 11) is 0. The molecule has 1 saturated carbocycles. The number of aliphatic carboxylic acids is 1. The zero-order chi connectivity index (χ0) is 11.7. The summed E-state index contributed by atoms with van der Waals surface area (Å²) in [6, 6.07) is 0. The van der Waals surface area contributed by atoms with Gasteiger partial charge in [0, 0.05) is 6.54 Å². The van der Waals surface area contributed by atoms with Gasteiger partial charge in [-0.15, -0.1) is 0 Å². The van der Waals surface area contributed by atoms with Crippen molar-refractivity contribution in [3.8, 4) is 0 Å². The van der Waals surface area contributed by atoms with Crippen molar-refractivity contribution in [1.82, 2.24) is 5.32 Å². The summed E-state index contributed by atoms with van der Waals surface area (Å²) in [4.78, 5) is 21.0. The lowest BCUT2D eigenvalue weighted by Gasteiger charge is -2.11. The van der Waals surface area contributed by atoms with Gasteiger partial charge in [-0.05, 0) is 19.3 Å². The molecule has 1 aliphatic carbocycles. The number of halogens is 3. The van der Waals surface area contributed by atoms with E-state index in [-0.39, 0.29) is 13.0 Å². The number of carbonyl (C=O) groups excluding carboxylic acids is 1. The number of nitrogens with one attached hydrogen (secondary N) is 1. The van der Waals surface area contributed by atoms with Crippen LogP contribution in [0, 0.1) is 5.41 Å². The highest BCUT2D eigenvalue weighted by atomic mass is 19.4. The molecule has 1 aliphatic rings. The second-order valence-electron chi connectivity index (χ2n) is 3.59. The normalized spacial score (nSPS) is 18.3. The summed E-state index contributed by atoms with van der Waals surface area (Å²) in [5.41, 5.74) is -0.904. The molecular formula is C8H10F3NO3. The topological polar surface area (TPSA) is 66.4 Å². The molecule has 86 valence electrons. The molecule has 7 heteroatoms. The molecule has 0 aliphatic heterocycles. The van der Waals surface area contributed by atoms with Crippen molar-refractivity contribution in [3.05, 3.63) is 0 Å². The Hall–Kier alpha value is -1.27. The van der Waals surface area contributed by atoms with E-state index in [1.165, 1.54) is 0 Å². The minimum absolute atomic E-state index is 0.0458. The molecule has 2 N–H and O–H groups in total. The van der Waals surface area contributed by atoms with Crippen LogP contribution in [0.4, 0.5) is 13.2 Å². The largest absolute Gasteiger partial charge is 0.481 e. The molecule has 1 rings (SSSR count). The predicted octanol–water partition coefficient (Wildman–Crippen LogP) is 0.920. The Morgan fingerprint density at radius 2 is 1.87 bits per heavy atom. The van der Waals surface area contributed by atoms with E-state index in [2.05, 4.69) is 0 Å². The van der Waals surface area contributed by atoms with Crippen LogP contribution in [0.15, 0.2) is 0 Å². The molecule has 0 bridgehead atoms. The SMILES string of the molecule is O=C(NCCC1(C(=O)O)CC1)C(F)(F)F. The van der Waals surface area contributed by atoms with E-state index in [1.54, 1.807) is 5.32 Å². The van der Waals surface area contributed by atoms with Crippen LogP contribution in [0.3, 0.4) is 0 Å². The molecule has 0 spiro atoms. The molecule has 0 aromatic heterocycles. The molecule has 0 atom stereocenters. The Labute approximate surface area is 83.5 Å². The summed E-state index contributed by atoms with van der Waals surface area (Å²) >= 11 is 0. The first kappa shape index (κ1) is 11.8. The van der Waals surface area contributed by atoms with Crippen molar-refractivity contribution >= 4 is 11.9 Å². The molecule has 0 radical (unpaired) electrons. The van der Waals surface area contributed by atoms with Crippen LogP contribution in [0.1, 0.15) is 19.3 Å². The van der Waals surface area contributed by atoms with Gasteiger partial charge in [0.15, 0.2) is 0 Å². The van der Waals surface area contributed by atoms with Gasteiger partial charge in [0.25, 0.3) is 0 Å². The summed E-state index contributed by atoms with van der Waals surface area (Å²) in [5.74, 6) is -3.03. The monoisotopic (exact) mass is 225 g/mol. The standard InChI is InChI=1S/C8H10F3NO3/c9-8(10,11)5(13)12-4-3-7(1-2-7)6(14)15/h1-4H2,(H,12,13)(H,14,15). The molecule has 0 aromatic carbocycles.